The topological polar surface area (TPSA) is 0 Å². The Morgan fingerprint density at radius 1 is 0.211 bits per heavy atom. The molecule has 0 fully saturated rings. The first-order valence-corrected chi connectivity index (χ1v) is 13.2. The Hall–Kier alpha value is -4.94. The van der Waals surface area contributed by atoms with Crippen LogP contribution in [0.15, 0.2) is 146 Å². The molecule has 6 aromatic rings. The molecule has 2 aliphatic carbocycles. The standard InChI is InChI=1S/C38H24/c1-3-11-25(12-4-1)27-19-21-31-32-22-20-28(26-13-5-2-6-14-26)24-36(32)38(35(31)23-27)37-33-17-9-7-15-29(33)30-16-8-10-18-34(30)37/h1-24H. The molecule has 0 aliphatic heterocycles. The summed E-state index contributed by atoms with van der Waals surface area (Å²) in [6, 6.07) is 53.2. The third-order valence-corrected chi connectivity index (χ3v) is 8.02. The van der Waals surface area contributed by atoms with Gasteiger partial charge in [-0.05, 0) is 90.0 Å². The molecule has 8 rings (SSSR count). The minimum absolute atomic E-state index is 1.24. The van der Waals surface area contributed by atoms with Gasteiger partial charge < -0.3 is 0 Å². The number of benzene rings is 6. The van der Waals surface area contributed by atoms with Crippen molar-refractivity contribution < 1.29 is 0 Å². The van der Waals surface area contributed by atoms with Crippen LogP contribution in [-0.4, -0.2) is 0 Å². The number of rotatable bonds is 2. The predicted octanol–water partition coefficient (Wildman–Crippen LogP) is 9.99. The highest BCUT2D eigenvalue weighted by molar-refractivity contribution is 6.19. The quantitative estimate of drug-likeness (QED) is 0.231. The first kappa shape index (κ1) is 21.2. The van der Waals surface area contributed by atoms with Crippen LogP contribution in [0.2, 0.25) is 0 Å². The van der Waals surface area contributed by atoms with E-state index in [1.165, 1.54) is 77.9 Å². The van der Waals surface area contributed by atoms with Gasteiger partial charge in [0, 0.05) is 0 Å². The van der Waals surface area contributed by atoms with Crippen molar-refractivity contribution in [3.05, 3.63) is 168 Å². The number of fused-ring (bicyclic) bond motifs is 6. The van der Waals surface area contributed by atoms with Crippen LogP contribution < -0.4 is 0 Å². The van der Waals surface area contributed by atoms with Gasteiger partial charge in [-0.1, -0.05) is 133 Å². The van der Waals surface area contributed by atoms with Gasteiger partial charge in [0.2, 0.25) is 0 Å². The van der Waals surface area contributed by atoms with E-state index in [9.17, 15) is 0 Å². The molecule has 0 aromatic heterocycles. The van der Waals surface area contributed by atoms with Crippen LogP contribution in [0.1, 0.15) is 22.3 Å². The average Bonchev–Trinajstić information content (AvgIpc) is 3.49. The van der Waals surface area contributed by atoms with Crippen molar-refractivity contribution in [1.29, 1.82) is 0 Å². The van der Waals surface area contributed by atoms with Crippen molar-refractivity contribution in [3.63, 3.8) is 0 Å². The van der Waals surface area contributed by atoms with Crippen LogP contribution in [0.4, 0.5) is 0 Å². The third-order valence-electron chi connectivity index (χ3n) is 8.02. The summed E-state index contributed by atoms with van der Waals surface area (Å²) in [5.41, 5.74) is 18.2. The van der Waals surface area contributed by atoms with Crippen LogP contribution in [-0.2, 0) is 0 Å². The zero-order valence-corrected chi connectivity index (χ0v) is 20.9. The highest BCUT2D eigenvalue weighted by Crippen LogP contribution is 2.55. The Kier molecular flexibility index (Phi) is 4.62. The molecule has 0 amide bonds. The minimum Gasteiger partial charge on any atom is -0.0622 e. The van der Waals surface area contributed by atoms with Crippen molar-refractivity contribution in [1.82, 2.24) is 0 Å². The van der Waals surface area contributed by atoms with Crippen LogP contribution in [0, 0.1) is 0 Å². The maximum absolute atomic E-state index is 2.40. The number of hydrogen-bond acceptors (Lipinski definition) is 0. The lowest BCUT2D eigenvalue weighted by Crippen LogP contribution is -1.92. The van der Waals surface area contributed by atoms with Crippen LogP contribution in [0.3, 0.4) is 0 Å². The fourth-order valence-corrected chi connectivity index (χ4v) is 6.29. The van der Waals surface area contributed by atoms with Crippen LogP contribution >= 0.6 is 0 Å². The Bertz CT molecular complexity index is 1750. The summed E-state index contributed by atoms with van der Waals surface area (Å²) < 4.78 is 0. The van der Waals surface area contributed by atoms with Gasteiger partial charge in [0.05, 0.1) is 0 Å². The highest BCUT2D eigenvalue weighted by atomic mass is 14.3. The molecule has 0 nitrogen and oxygen atoms in total. The normalized spacial score (nSPS) is 12.6. The predicted molar refractivity (Wildman–Crippen MR) is 160 cm³/mol. The molecular weight excluding hydrogens is 456 g/mol. The van der Waals surface area contributed by atoms with Gasteiger partial charge in [-0.25, -0.2) is 0 Å². The van der Waals surface area contributed by atoms with E-state index in [1.807, 2.05) is 0 Å². The minimum atomic E-state index is 1.24. The first-order chi connectivity index (χ1) is 18.9. The van der Waals surface area contributed by atoms with E-state index in [-0.39, 0.29) is 0 Å². The lowest BCUT2D eigenvalue weighted by Gasteiger charge is -2.13. The van der Waals surface area contributed by atoms with Gasteiger partial charge in [-0.3, -0.25) is 0 Å². The summed E-state index contributed by atoms with van der Waals surface area (Å²) in [4.78, 5) is 0. The zero-order chi connectivity index (χ0) is 25.1. The van der Waals surface area contributed by atoms with Gasteiger partial charge >= 0.3 is 0 Å². The van der Waals surface area contributed by atoms with Gasteiger partial charge in [-0.2, -0.15) is 0 Å². The van der Waals surface area contributed by atoms with E-state index in [0.717, 1.165) is 0 Å². The number of hydrogen-bond donors (Lipinski definition) is 0. The lowest BCUT2D eigenvalue weighted by molar-refractivity contribution is 1.59. The van der Waals surface area contributed by atoms with E-state index >= 15 is 0 Å². The molecule has 0 atom stereocenters. The monoisotopic (exact) mass is 480 g/mol. The van der Waals surface area contributed by atoms with Gasteiger partial charge in [-0.15, -0.1) is 0 Å². The second kappa shape index (κ2) is 8.30. The molecule has 0 bridgehead atoms. The fraction of sp³-hybridized carbons (Fsp3) is 0. The van der Waals surface area contributed by atoms with Crippen molar-refractivity contribution in [2.75, 3.05) is 0 Å². The molecule has 2 aliphatic rings. The van der Waals surface area contributed by atoms with E-state index in [2.05, 4.69) is 146 Å². The Balaban J connectivity index is 1.47. The molecule has 0 radical (unpaired) electrons. The van der Waals surface area contributed by atoms with Crippen molar-refractivity contribution in [2.24, 2.45) is 0 Å². The molecule has 0 heterocycles. The second-order valence-corrected chi connectivity index (χ2v) is 10.1. The Morgan fingerprint density at radius 3 is 1.00 bits per heavy atom. The summed E-state index contributed by atoms with van der Waals surface area (Å²) in [6.07, 6.45) is 0. The molecule has 0 N–H and O–H groups in total. The van der Waals surface area contributed by atoms with E-state index in [4.69, 9.17) is 0 Å². The Morgan fingerprint density at radius 2 is 0.553 bits per heavy atom. The molecule has 0 spiro atoms. The maximum Gasteiger partial charge on any atom is -0.00134 e. The average molecular weight is 481 g/mol. The summed E-state index contributed by atoms with van der Waals surface area (Å²) in [5.74, 6) is 0. The molecule has 0 saturated carbocycles. The van der Waals surface area contributed by atoms with Crippen molar-refractivity contribution in [3.8, 4) is 44.5 Å². The SMILES string of the molecule is c1ccc(-c2ccc3c(c2)C(=C2c4ccccc4-c4ccccc42)c2cc(-c4ccccc4)ccc2-3)cc1. The highest BCUT2D eigenvalue weighted by Gasteiger charge is 2.32. The molecule has 0 heteroatoms. The summed E-state index contributed by atoms with van der Waals surface area (Å²) in [6.45, 7) is 0. The maximum atomic E-state index is 2.40. The summed E-state index contributed by atoms with van der Waals surface area (Å²) in [7, 11) is 0. The Labute approximate surface area is 223 Å². The van der Waals surface area contributed by atoms with Gasteiger partial charge in [0.1, 0.15) is 0 Å². The van der Waals surface area contributed by atoms with E-state index < -0.39 is 0 Å². The fourth-order valence-electron chi connectivity index (χ4n) is 6.29. The molecule has 6 aromatic carbocycles. The van der Waals surface area contributed by atoms with Gasteiger partial charge in [0.15, 0.2) is 0 Å². The lowest BCUT2D eigenvalue weighted by atomic mass is 9.89. The molecule has 0 saturated heterocycles. The van der Waals surface area contributed by atoms with Gasteiger partial charge in [0.25, 0.3) is 0 Å². The largest absolute Gasteiger partial charge is 0.0622 e. The van der Waals surface area contributed by atoms with E-state index in [0.29, 0.717) is 0 Å². The molecule has 176 valence electrons. The smallest absolute Gasteiger partial charge is 0.00134 e. The summed E-state index contributed by atoms with van der Waals surface area (Å²) in [5, 5.41) is 0. The van der Waals surface area contributed by atoms with Crippen molar-refractivity contribution >= 4 is 11.1 Å². The van der Waals surface area contributed by atoms with Crippen LogP contribution in [0.25, 0.3) is 55.7 Å². The van der Waals surface area contributed by atoms with Crippen LogP contribution in [0.5, 0.6) is 0 Å². The van der Waals surface area contributed by atoms with Crippen molar-refractivity contribution in [2.45, 2.75) is 0 Å². The summed E-state index contributed by atoms with van der Waals surface area (Å²) >= 11 is 0. The molecule has 38 heavy (non-hydrogen) atoms. The third kappa shape index (κ3) is 3.11. The molecular formula is C38H24. The first-order valence-electron chi connectivity index (χ1n) is 13.2. The second-order valence-electron chi connectivity index (χ2n) is 10.1. The van der Waals surface area contributed by atoms with E-state index in [1.54, 1.807) is 0 Å². The zero-order valence-electron chi connectivity index (χ0n) is 20.9. The molecule has 0 unspecified atom stereocenters.